The molecule has 0 radical (unpaired) electrons. The number of hydrogen-bond donors (Lipinski definition) is 0. The first kappa shape index (κ1) is 27.9. The van der Waals surface area contributed by atoms with E-state index in [0.29, 0.717) is 36.4 Å². The molecule has 0 bridgehead atoms. The second-order valence-corrected chi connectivity index (χ2v) is 11.2. The van der Waals surface area contributed by atoms with Gasteiger partial charge >= 0.3 is 5.97 Å². The van der Waals surface area contributed by atoms with E-state index < -0.39 is 12.0 Å². The number of fused-ring (bicyclic) bond motifs is 1. The number of carbonyl (C=O) groups is 1. The van der Waals surface area contributed by atoms with Gasteiger partial charge in [-0.05, 0) is 62.2 Å². The van der Waals surface area contributed by atoms with Crippen LogP contribution in [0.2, 0.25) is 10.0 Å². The molecule has 1 aromatic heterocycles. The van der Waals surface area contributed by atoms with Crippen molar-refractivity contribution in [3.8, 4) is 5.75 Å². The van der Waals surface area contributed by atoms with Crippen LogP contribution in [-0.2, 0) is 16.1 Å². The molecule has 2 heterocycles. The van der Waals surface area contributed by atoms with E-state index in [1.54, 1.807) is 30.5 Å². The molecular weight excluding hydrogens is 567 g/mol. The predicted octanol–water partition coefficient (Wildman–Crippen LogP) is 5.99. The summed E-state index contributed by atoms with van der Waals surface area (Å²) in [5.74, 6) is 0.153. The molecule has 0 aliphatic carbocycles. The molecule has 6 nitrogen and oxygen atoms in total. The molecule has 0 saturated heterocycles. The Kier molecular flexibility index (Phi) is 8.26. The summed E-state index contributed by atoms with van der Waals surface area (Å²) in [5.41, 5.74) is 4.16. The van der Waals surface area contributed by atoms with Crippen molar-refractivity contribution >= 4 is 46.6 Å². The Labute approximate surface area is 245 Å². The van der Waals surface area contributed by atoms with Crippen LogP contribution < -0.4 is 19.6 Å². The van der Waals surface area contributed by atoms with Crippen LogP contribution in [0.15, 0.2) is 87.8 Å². The molecule has 0 spiro atoms. The Bertz CT molecular complexity index is 1810. The minimum atomic E-state index is -0.642. The zero-order valence-corrected chi connectivity index (χ0v) is 24.4. The highest BCUT2D eigenvalue weighted by atomic mass is 35.5. The van der Waals surface area contributed by atoms with Gasteiger partial charge in [0.1, 0.15) is 12.4 Å². The first-order valence-electron chi connectivity index (χ1n) is 12.7. The maximum Gasteiger partial charge on any atom is 0.338 e. The minimum Gasteiger partial charge on any atom is -0.489 e. The Morgan fingerprint density at radius 3 is 2.58 bits per heavy atom. The number of hydrogen-bond acceptors (Lipinski definition) is 6. The lowest BCUT2D eigenvalue weighted by Crippen LogP contribution is -2.39. The molecule has 0 saturated carbocycles. The van der Waals surface area contributed by atoms with E-state index in [-0.39, 0.29) is 18.8 Å². The highest BCUT2D eigenvalue weighted by Crippen LogP contribution is 2.31. The molecule has 9 heteroatoms. The quantitative estimate of drug-likeness (QED) is 0.247. The zero-order valence-electron chi connectivity index (χ0n) is 22.1. The van der Waals surface area contributed by atoms with Gasteiger partial charge in [-0.2, -0.15) is 0 Å². The zero-order chi connectivity index (χ0) is 28.4. The standard InChI is InChI=1S/C31H26Cl2N2O4S/c1-4-38-30(37)27-19(3)34-31-35(28(27)21-10-8-18(2)9-11-21)29(36)26(40-31)15-20-6-5-7-24(14-20)39-17-22-12-13-23(32)16-25(22)33/h5-16,28H,4,17H2,1-3H3. The number of allylic oxidation sites excluding steroid dienone is 1. The number of thiazole rings is 1. The van der Waals surface area contributed by atoms with Crippen molar-refractivity contribution in [2.45, 2.75) is 33.4 Å². The van der Waals surface area contributed by atoms with Gasteiger partial charge in [0.15, 0.2) is 4.80 Å². The number of esters is 1. The number of halogens is 2. The molecule has 0 amide bonds. The lowest BCUT2D eigenvalue weighted by Gasteiger charge is -2.24. The lowest BCUT2D eigenvalue weighted by atomic mass is 9.95. The smallest absolute Gasteiger partial charge is 0.338 e. The molecule has 204 valence electrons. The van der Waals surface area contributed by atoms with Gasteiger partial charge in [-0.15, -0.1) is 0 Å². The van der Waals surface area contributed by atoms with Crippen LogP contribution in [0.1, 0.15) is 42.1 Å². The number of nitrogens with zero attached hydrogens (tertiary/aromatic N) is 2. The number of ether oxygens (including phenoxy) is 2. The van der Waals surface area contributed by atoms with E-state index in [4.69, 9.17) is 32.7 Å². The molecular formula is C31H26Cl2N2O4S. The van der Waals surface area contributed by atoms with Crippen molar-refractivity contribution in [3.63, 3.8) is 0 Å². The van der Waals surface area contributed by atoms with E-state index >= 15 is 0 Å². The average molecular weight is 594 g/mol. The molecule has 3 aromatic carbocycles. The topological polar surface area (TPSA) is 69.9 Å². The molecule has 5 rings (SSSR count). The Balaban J connectivity index is 1.53. The molecule has 4 aromatic rings. The van der Waals surface area contributed by atoms with Crippen LogP contribution in [0, 0.1) is 6.92 Å². The average Bonchev–Trinajstić information content (AvgIpc) is 3.22. The summed E-state index contributed by atoms with van der Waals surface area (Å²) in [6.07, 6.45) is 1.81. The van der Waals surface area contributed by atoms with Crippen molar-refractivity contribution in [2.75, 3.05) is 6.61 Å². The molecule has 1 aliphatic rings. The summed E-state index contributed by atoms with van der Waals surface area (Å²) in [4.78, 5) is 32.0. The maximum absolute atomic E-state index is 13.8. The van der Waals surface area contributed by atoms with E-state index in [2.05, 4.69) is 4.99 Å². The Morgan fingerprint density at radius 1 is 1.07 bits per heavy atom. The third-order valence-corrected chi connectivity index (χ3v) is 8.05. The van der Waals surface area contributed by atoms with Crippen molar-refractivity contribution in [1.82, 2.24) is 4.57 Å². The van der Waals surface area contributed by atoms with Crippen LogP contribution in [0.4, 0.5) is 0 Å². The molecule has 0 fully saturated rings. The highest BCUT2D eigenvalue weighted by Gasteiger charge is 2.33. The predicted molar refractivity (Wildman–Crippen MR) is 159 cm³/mol. The van der Waals surface area contributed by atoms with Crippen LogP contribution in [-0.4, -0.2) is 17.1 Å². The van der Waals surface area contributed by atoms with Gasteiger partial charge in [-0.25, -0.2) is 9.79 Å². The number of benzene rings is 3. The maximum atomic E-state index is 13.8. The van der Waals surface area contributed by atoms with E-state index in [1.807, 2.05) is 67.6 Å². The Hall–Kier alpha value is -3.65. The number of aromatic nitrogens is 1. The van der Waals surface area contributed by atoms with Crippen molar-refractivity contribution in [3.05, 3.63) is 130 Å². The third-order valence-electron chi connectivity index (χ3n) is 6.48. The van der Waals surface area contributed by atoms with Gasteiger partial charge in [-0.1, -0.05) is 82.6 Å². The van der Waals surface area contributed by atoms with Gasteiger partial charge in [0, 0.05) is 15.6 Å². The van der Waals surface area contributed by atoms with E-state index in [0.717, 1.165) is 22.3 Å². The number of carbonyl (C=O) groups excluding carboxylic acids is 1. The van der Waals surface area contributed by atoms with Crippen LogP contribution in [0.25, 0.3) is 6.08 Å². The van der Waals surface area contributed by atoms with Crippen LogP contribution >= 0.6 is 34.5 Å². The fourth-order valence-corrected chi connectivity index (χ4v) is 6.01. The fourth-order valence-electron chi connectivity index (χ4n) is 4.50. The first-order valence-corrected chi connectivity index (χ1v) is 14.3. The van der Waals surface area contributed by atoms with Gasteiger partial charge < -0.3 is 9.47 Å². The van der Waals surface area contributed by atoms with Gasteiger partial charge in [-0.3, -0.25) is 9.36 Å². The SMILES string of the molecule is CCOC(=O)C1=C(C)N=c2sc(=Cc3cccc(OCc4ccc(Cl)cc4Cl)c3)c(=O)n2C1c1ccc(C)cc1. The van der Waals surface area contributed by atoms with Crippen molar-refractivity contribution < 1.29 is 14.3 Å². The summed E-state index contributed by atoms with van der Waals surface area (Å²) >= 11 is 13.5. The summed E-state index contributed by atoms with van der Waals surface area (Å²) < 4.78 is 13.4. The number of rotatable bonds is 7. The van der Waals surface area contributed by atoms with Gasteiger partial charge in [0.25, 0.3) is 5.56 Å². The summed E-state index contributed by atoms with van der Waals surface area (Å²) in [6, 6.07) is 19.9. The van der Waals surface area contributed by atoms with Crippen LogP contribution in [0.5, 0.6) is 5.75 Å². The molecule has 40 heavy (non-hydrogen) atoms. The molecule has 1 unspecified atom stereocenters. The summed E-state index contributed by atoms with van der Waals surface area (Å²) in [6.45, 7) is 6.02. The third kappa shape index (κ3) is 5.77. The summed E-state index contributed by atoms with van der Waals surface area (Å²) in [5, 5.41) is 1.09. The van der Waals surface area contributed by atoms with Crippen LogP contribution in [0.3, 0.4) is 0 Å². The largest absolute Gasteiger partial charge is 0.489 e. The summed E-state index contributed by atoms with van der Waals surface area (Å²) in [7, 11) is 0. The number of aryl methyl sites for hydroxylation is 1. The van der Waals surface area contributed by atoms with Crippen molar-refractivity contribution in [2.24, 2.45) is 4.99 Å². The minimum absolute atomic E-state index is 0.225. The van der Waals surface area contributed by atoms with Crippen molar-refractivity contribution in [1.29, 1.82) is 0 Å². The first-order chi connectivity index (χ1) is 19.2. The normalized spacial score (nSPS) is 15.0. The Morgan fingerprint density at radius 2 is 1.85 bits per heavy atom. The van der Waals surface area contributed by atoms with E-state index in [9.17, 15) is 9.59 Å². The highest BCUT2D eigenvalue weighted by molar-refractivity contribution is 7.07. The molecule has 0 N–H and O–H groups in total. The van der Waals surface area contributed by atoms with Gasteiger partial charge in [0.05, 0.1) is 28.5 Å². The second kappa shape index (κ2) is 11.8. The second-order valence-electron chi connectivity index (χ2n) is 9.31. The van der Waals surface area contributed by atoms with Gasteiger partial charge in [0.2, 0.25) is 0 Å². The monoisotopic (exact) mass is 592 g/mol. The fraction of sp³-hybridized carbons (Fsp3) is 0.194. The van der Waals surface area contributed by atoms with E-state index in [1.165, 1.54) is 11.3 Å². The molecule has 1 atom stereocenters. The lowest BCUT2D eigenvalue weighted by molar-refractivity contribution is -0.139. The molecule has 1 aliphatic heterocycles.